The van der Waals surface area contributed by atoms with E-state index in [1.807, 2.05) is 11.8 Å². The van der Waals surface area contributed by atoms with Crippen LogP contribution in [0.3, 0.4) is 0 Å². The van der Waals surface area contributed by atoms with Crippen molar-refractivity contribution in [2.45, 2.75) is 38.8 Å². The van der Waals surface area contributed by atoms with Crippen molar-refractivity contribution in [1.82, 2.24) is 15.5 Å². The molecule has 5 nitrogen and oxygen atoms in total. The lowest BCUT2D eigenvalue weighted by Gasteiger charge is -2.30. The number of nitrogens with one attached hydrogen (secondary N) is 2. The average molecular weight is 346 g/mol. The molecular weight excluding hydrogens is 322 g/mol. The van der Waals surface area contributed by atoms with Crippen molar-refractivity contribution in [2.24, 2.45) is 0 Å². The molecule has 2 heterocycles. The molecule has 1 unspecified atom stereocenters. The summed E-state index contributed by atoms with van der Waals surface area (Å²) in [6.45, 7) is 3.67. The van der Waals surface area contributed by atoms with Gasteiger partial charge in [-0.2, -0.15) is 0 Å². The van der Waals surface area contributed by atoms with Crippen molar-refractivity contribution in [3.8, 4) is 0 Å². The molecule has 1 atom stereocenters. The molecule has 2 N–H and O–H groups in total. The summed E-state index contributed by atoms with van der Waals surface area (Å²) in [7, 11) is 1.72. The third kappa shape index (κ3) is 4.69. The number of thiophene rings is 1. The second kappa shape index (κ2) is 9.12. The topological polar surface area (TPSA) is 61.4 Å². The lowest BCUT2D eigenvalue weighted by atomic mass is 10.1. The molecule has 2 amide bonds. The predicted octanol–water partition coefficient (Wildman–Crippen LogP) is 1.56. The molecular formula is C15H24ClN3O2S. The standard InChI is InChI=1S/C15H23N3O2S.ClH/c1-3-4-12(17-14(19)9-16-2)15(20)18-7-5-13-11(10-18)6-8-21-13;/h6,8,12,16H,3-5,7,9-10H2,1-2H3,(H,17,19);1H. The van der Waals surface area contributed by atoms with E-state index in [0.717, 1.165) is 19.4 Å². The van der Waals surface area contributed by atoms with E-state index in [1.165, 1.54) is 10.4 Å². The Morgan fingerprint density at radius 2 is 2.23 bits per heavy atom. The van der Waals surface area contributed by atoms with Crippen molar-refractivity contribution in [1.29, 1.82) is 0 Å². The molecule has 1 aliphatic rings. The second-order valence-corrected chi connectivity index (χ2v) is 6.32. The van der Waals surface area contributed by atoms with E-state index < -0.39 is 6.04 Å². The first-order valence-corrected chi connectivity index (χ1v) is 8.31. The summed E-state index contributed by atoms with van der Waals surface area (Å²) in [4.78, 5) is 27.6. The van der Waals surface area contributed by atoms with E-state index in [0.29, 0.717) is 13.0 Å². The first kappa shape index (κ1) is 18.9. The van der Waals surface area contributed by atoms with E-state index in [-0.39, 0.29) is 30.8 Å². The van der Waals surface area contributed by atoms with Crippen LogP contribution in [-0.4, -0.2) is 42.9 Å². The minimum Gasteiger partial charge on any atom is -0.343 e. The van der Waals surface area contributed by atoms with Gasteiger partial charge in [0.05, 0.1) is 6.54 Å². The van der Waals surface area contributed by atoms with Gasteiger partial charge in [-0.05, 0) is 36.9 Å². The molecule has 0 aliphatic carbocycles. The van der Waals surface area contributed by atoms with Crippen LogP contribution in [0.2, 0.25) is 0 Å². The first-order valence-electron chi connectivity index (χ1n) is 7.43. The molecule has 0 spiro atoms. The lowest BCUT2D eigenvalue weighted by Crippen LogP contribution is -2.51. The fourth-order valence-electron chi connectivity index (χ4n) is 2.61. The van der Waals surface area contributed by atoms with Gasteiger partial charge in [0.1, 0.15) is 6.04 Å². The maximum atomic E-state index is 12.7. The fraction of sp³-hybridized carbons (Fsp3) is 0.600. The molecule has 0 bridgehead atoms. The second-order valence-electron chi connectivity index (χ2n) is 5.32. The van der Waals surface area contributed by atoms with Crippen LogP contribution in [-0.2, 0) is 22.6 Å². The highest BCUT2D eigenvalue weighted by atomic mass is 35.5. The Hall–Kier alpha value is -1.11. The number of likely N-dealkylation sites (N-methyl/N-ethyl adjacent to an activating group) is 1. The highest BCUT2D eigenvalue weighted by Gasteiger charge is 2.28. The van der Waals surface area contributed by atoms with Gasteiger partial charge < -0.3 is 15.5 Å². The van der Waals surface area contributed by atoms with E-state index in [9.17, 15) is 9.59 Å². The number of rotatable bonds is 6. The van der Waals surface area contributed by atoms with Gasteiger partial charge in [0.25, 0.3) is 0 Å². The molecule has 2 rings (SSSR count). The summed E-state index contributed by atoms with van der Waals surface area (Å²) in [6.07, 6.45) is 2.47. The minimum absolute atomic E-state index is 0. The van der Waals surface area contributed by atoms with Gasteiger partial charge in [0.15, 0.2) is 0 Å². The van der Waals surface area contributed by atoms with Crippen LogP contribution in [0.5, 0.6) is 0 Å². The Bertz CT molecular complexity index is 507. The van der Waals surface area contributed by atoms with Gasteiger partial charge >= 0.3 is 0 Å². The first-order chi connectivity index (χ1) is 10.2. The fourth-order valence-corrected chi connectivity index (χ4v) is 3.50. The van der Waals surface area contributed by atoms with Crippen molar-refractivity contribution in [2.75, 3.05) is 20.1 Å². The van der Waals surface area contributed by atoms with Gasteiger partial charge in [0.2, 0.25) is 11.8 Å². The molecule has 124 valence electrons. The number of fused-ring (bicyclic) bond motifs is 1. The summed E-state index contributed by atoms with van der Waals surface area (Å²) >= 11 is 1.76. The number of hydrogen-bond donors (Lipinski definition) is 2. The highest BCUT2D eigenvalue weighted by molar-refractivity contribution is 7.10. The van der Waals surface area contributed by atoms with Crippen LogP contribution in [0.1, 0.15) is 30.2 Å². The van der Waals surface area contributed by atoms with Crippen LogP contribution >= 0.6 is 23.7 Å². The molecule has 22 heavy (non-hydrogen) atoms. The Morgan fingerprint density at radius 3 is 2.91 bits per heavy atom. The molecule has 1 aliphatic heterocycles. The Balaban J connectivity index is 0.00000242. The van der Waals surface area contributed by atoms with E-state index in [4.69, 9.17) is 0 Å². The van der Waals surface area contributed by atoms with E-state index >= 15 is 0 Å². The van der Waals surface area contributed by atoms with Crippen molar-refractivity contribution < 1.29 is 9.59 Å². The highest BCUT2D eigenvalue weighted by Crippen LogP contribution is 2.24. The van der Waals surface area contributed by atoms with Crippen LogP contribution in [0.4, 0.5) is 0 Å². The number of carbonyl (C=O) groups excluding carboxylic acids is 2. The molecule has 1 aromatic heterocycles. The van der Waals surface area contributed by atoms with E-state index in [2.05, 4.69) is 22.1 Å². The Kier molecular flexibility index (Phi) is 7.85. The van der Waals surface area contributed by atoms with Crippen molar-refractivity contribution >= 4 is 35.6 Å². The molecule has 7 heteroatoms. The van der Waals surface area contributed by atoms with Gasteiger partial charge in [0, 0.05) is 18.0 Å². The Morgan fingerprint density at radius 1 is 1.45 bits per heavy atom. The SMILES string of the molecule is CCCC(NC(=O)CNC)C(=O)N1CCc2sccc2C1.Cl. The zero-order chi connectivity index (χ0) is 15.2. The normalized spacial score (nSPS) is 14.7. The molecule has 0 saturated heterocycles. The van der Waals surface area contributed by atoms with Crippen molar-refractivity contribution in [3.63, 3.8) is 0 Å². The summed E-state index contributed by atoms with van der Waals surface area (Å²) in [6, 6.07) is 1.68. The maximum Gasteiger partial charge on any atom is 0.245 e. The van der Waals surface area contributed by atoms with Gasteiger partial charge in [-0.25, -0.2) is 0 Å². The zero-order valence-corrected chi connectivity index (χ0v) is 14.7. The summed E-state index contributed by atoms with van der Waals surface area (Å²) in [5.41, 5.74) is 1.25. The summed E-state index contributed by atoms with van der Waals surface area (Å²) < 4.78 is 0. The van der Waals surface area contributed by atoms with Crippen LogP contribution in [0.15, 0.2) is 11.4 Å². The summed E-state index contributed by atoms with van der Waals surface area (Å²) in [5, 5.41) is 7.73. The maximum absolute atomic E-state index is 12.7. The van der Waals surface area contributed by atoms with Crippen molar-refractivity contribution in [3.05, 3.63) is 21.9 Å². The van der Waals surface area contributed by atoms with Gasteiger partial charge in [-0.3, -0.25) is 9.59 Å². The smallest absolute Gasteiger partial charge is 0.245 e. The summed E-state index contributed by atoms with van der Waals surface area (Å²) in [5.74, 6) is -0.0873. The third-order valence-corrected chi connectivity index (χ3v) is 4.69. The van der Waals surface area contributed by atoms with Gasteiger partial charge in [-0.1, -0.05) is 13.3 Å². The molecule has 1 aromatic rings. The number of carbonyl (C=O) groups is 2. The minimum atomic E-state index is -0.406. The molecule has 0 radical (unpaired) electrons. The zero-order valence-electron chi connectivity index (χ0n) is 13.1. The Labute approximate surface area is 141 Å². The largest absolute Gasteiger partial charge is 0.343 e. The van der Waals surface area contributed by atoms with Gasteiger partial charge in [-0.15, -0.1) is 23.7 Å². The quantitative estimate of drug-likeness (QED) is 0.822. The van der Waals surface area contributed by atoms with Crippen LogP contribution in [0, 0.1) is 0 Å². The molecule has 0 fully saturated rings. The predicted molar refractivity (Wildman–Crippen MR) is 91.5 cm³/mol. The molecule has 0 saturated carbocycles. The third-order valence-electron chi connectivity index (χ3n) is 3.67. The number of hydrogen-bond acceptors (Lipinski definition) is 4. The number of amides is 2. The lowest BCUT2D eigenvalue weighted by molar-refractivity contribution is -0.137. The number of nitrogens with zero attached hydrogens (tertiary/aromatic N) is 1. The average Bonchev–Trinajstić information content (AvgIpc) is 2.93. The number of halogens is 1. The van der Waals surface area contributed by atoms with E-state index in [1.54, 1.807) is 18.4 Å². The monoisotopic (exact) mass is 345 g/mol. The van der Waals surface area contributed by atoms with Crippen LogP contribution < -0.4 is 10.6 Å². The molecule has 0 aromatic carbocycles. The van der Waals surface area contributed by atoms with Crippen LogP contribution in [0.25, 0.3) is 0 Å².